The summed E-state index contributed by atoms with van der Waals surface area (Å²) in [5, 5.41) is 0. The lowest BCUT2D eigenvalue weighted by Crippen LogP contribution is -2.38. The molecule has 0 amide bonds. The maximum atomic E-state index is 13.2. The van der Waals surface area contributed by atoms with Gasteiger partial charge in [-0.1, -0.05) is 19.1 Å². The van der Waals surface area contributed by atoms with Crippen LogP contribution in [0, 0.1) is 5.82 Å². The molecule has 0 bridgehead atoms. The molecule has 2 aromatic rings. The molecule has 8 heteroatoms. The second kappa shape index (κ2) is 7.89. The van der Waals surface area contributed by atoms with Crippen LogP contribution >= 0.6 is 0 Å². The van der Waals surface area contributed by atoms with Crippen LogP contribution in [0.5, 0.6) is 0 Å². The van der Waals surface area contributed by atoms with Crippen molar-refractivity contribution in [2.24, 2.45) is 0 Å². The first-order chi connectivity index (χ1) is 11.8. The molecule has 0 spiro atoms. The summed E-state index contributed by atoms with van der Waals surface area (Å²) in [6.07, 6.45) is 0.628. The highest BCUT2D eigenvalue weighted by atomic mass is 19.1. The summed E-state index contributed by atoms with van der Waals surface area (Å²) >= 11 is 0. The van der Waals surface area contributed by atoms with E-state index in [1.807, 2.05) is 6.92 Å². The number of aromatic amines is 1. The van der Waals surface area contributed by atoms with Crippen LogP contribution < -0.4 is 17.0 Å². The molecule has 1 aromatic carbocycles. The smallest absolute Gasteiger partial charge is 0.329 e. The van der Waals surface area contributed by atoms with E-state index >= 15 is 0 Å². The summed E-state index contributed by atoms with van der Waals surface area (Å²) in [6.45, 7) is 2.40. The predicted molar refractivity (Wildman–Crippen MR) is 93.1 cm³/mol. The van der Waals surface area contributed by atoms with Gasteiger partial charge in [-0.15, -0.1) is 0 Å². The zero-order valence-corrected chi connectivity index (χ0v) is 14.2. The highest BCUT2D eigenvalue weighted by Gasteiger charge is 2.20. The Morgan fingerprint density at radius 2 is 2.08 bits per heavy atom. The number of benzene rings is 1. The minimum Gasteiger partial charge on any atom is -0.384 e. The van der Waals surface area contributed by atoms with Crippen molar-refractivity contribution in [2.45, 2.75) is 26.4 Å². The number of Topliss-reactive ketones (excluding diaryl/α,β-unsaturated/α-hetero) is 1. The number of hydrogen-bond donors (Lipinski definition) is 2. The fourth-order valence-corrected chi connectivity index (χ4v) is 2.63. The van der Waals surface area contributed by atoms with Crippen molar-refractivity contribution in [1.82, 2.24) is 14.5 Å². The van der Waals surface area contributed by atoms with Crippen molar-refractivity contribution in [3.05, 3.63) is 62.0 Å². The van der Waals surface area contributed by atoms with E-state index in [0.717, 1.165) is 0 Å². The number of carbonyl (C=O) groups excluding carboxylic acids is 1. The number of carbonyl (C=O) groups is 1. The normalized spacial score (nSPS) is 11.0. The molecule has 0 saturated carbocycles. The summed E-state index contributed by atoms with van der Waals surface area (Å²) in [5.41, 5.74) is 4.93. The van der Waals surface area contributed by atoms with E-state index in [9.17, 15) is 18.8 Å². The van der Waals surface area contributed by atoms with Gasteiger partial charge in [0.1, 0.15) is 17.2 Å². The molecule has 1 aromatic heterocycles. The molecular weight excluding hydrogens is 327 g/mol. The minimum atomic E-state index is -0.793. The number of nitrogen functional groups attached to an aromatic ring is 1. The molecule has 3 N–H and O–H groups in total. The molecule has 0 aliphatic rings. The van der Waals surface area contributed by atoms with E-state index in [-0.39, 0.29) is 23.7 Å². The lowest BCUT2D eigenvalue weighted by atomic mass is 10.1. The van der Waals surface area contributed by atoms with Crippen LogP contribution in [0.1, 0.15) is 29.3 Å². The molecule has 0 unspecified atom stereocenters. The molecular formula is C17H21FN4O3. The van der Waals surface area contributed by atoms with Gasteiger partial charge in [-0.2, -0.15) is 0 Å². The summed E-state index contributed by atoms with van der Waals surface area (Å²) in [7, 11) is 1.68. The summed E-state index contributed by atoms with van der Waals surface area (Å²) < 4.78 is 14.4. The van der Waals surface area contributed by atoms with E-state index in [0.29, 0.717) is 25.1 Å². The summed E-state index contributed by atoms with van der Waals surface area (Å²) in [6, 6.07) is 6.05. The van der Waals surface area contributed by atoms with Gasteiger partial charge in [-0.3, -0.25) is 24.0 Å². The van der Waals surface area contributed by atoms with Crippen molar-refractivity contribution in [3.8, 4) is 0 Å². The Morgan fingerprint density at radius 3 is 2.72 bits per heavy atom. The van der Waals surface area contributed by atoms with Gasteiger partial charge in [-0.05, 0) is 31.2 Å². The average molecular weight is 348 g/mol. The highest BCUT2D eigenvalue weighted by molar-refractivity contribution is 6.01. The Bertz CT molecular complexity index is 888. The predicted octanol–water partition coefficient (Wildman–Crippen LogP) is 0.983. The number of likely N-dealkylation sites (N-methyl/N-ethyl adjacent to an activating group) is 1. The molecule has 0 aliphatic carbocycles. The number of rotatable bonds is 7. The second-order valence-corrected chi connectivity index (χ2v) is 5.90. The van der Waals surface area contributed by atoms with Gasteiger partial charge in [0.2, 0.25) is 0 Å². The van der Waals surface area contributed by atoms with Crippen LogP contribution in [-0.4, -0.2) is 33.8 Å². The van der Waals surface area contributed by atoms with Crippen LogP contribution in [0.3, 0.4) is 0 Å². The molecule has 0 atom stereocenters. The van der Waals surface area contributed by atoms with Crippen LogP contribution in [0.4, 0.5) is 10.2 Å². The van der Waals surface area contributed by atoms with Gasteiger partial charge >= 0.3 is 5.69 Å². The molecule has 0 fully saturated rings. The van der Waals surface area contributed by atoms with Crippen molar-refractivity contribution in [3.63, 3.8) is 0 Å². The van der Waals surface area contributed by atoms with Gasteiger partial charge in [-0.25, -0.2) is 9.18 Å². The Balaban J connectivity index is 2.21. The zero-order chi connectivity index (χ0) is 18.6. The quantitative estimate of drug-likeness (QED) is 0.727. The third kappa shape index (κ3) is 4.42. The largest absolute Gasteiger partial charge is 0.384 e. The average Bonchev–Trinajstić information content (AvgIpc) is 2.51. The Kier molecular flexibility index (Phi) is 5.87. The van der Waals surface area contributed by atoms with Crippen molar-refractivity contribution in [2.75, 3.05) is 19.3 Å². The Labute approximate surface area is 143 Å². The van der Waals surface area contributed by atoms with Crippen LogP contribution in [0.25, 0.3) is 0 Å². The van der Waals surface area contributed by atoms with Crippen molar-refractivity contribution < 1.29 is 9.18 Å². The molecule has 134 valence electrons. The van der Waals surface area contributed by atoms with Crippen molar-refractivity contribution in [1.29, 1.82) is 0 Å². The van der Waals surface area contributed by atoms with E-state index in [1.165, 1.54) is 16.7 Å². The monoisotopic (exact) mass is 348 g/mol. The zero-order valence-electron chi connectivity index (χ0n) is 14.2. The molecule has 0 saturated heterocycles. The first kappa shape index (κ1) is 18.6. The highest BCUT2D eigenvalue weighted by Crippen LogP contribution is 2.09. The number of nitrogens with one attached hydrogen (secondary N) is 1. The third-order valence-corrected chi connectivity index (χ3v) is 3.72. The first-order valence-electron chi connectivity index (χ1n) is 7.92. The van der Waals surface area contributed by atoms with Gasteiger partial charge in [0.15, 0.2) is 5.78 Å². The Hall–Kier alpha value is -2.74. The number of hydrogen-bond acceptors (Lipinski definition) is 5. The van der Waals surface area contributed by atoms with E-state index in [4.69, 9.17) is 5.73 Å². The van der Waals surface area contributed by atoms with Crippen molar-refractivity contribution >= 4 is 11.6 Å². The standard InChI is InChI=1S/C17H21FN4O3/c1-3-7-22-15(19)14(16(24)20-17(22)25)13(23)10-21(2)9-11-5-4-6-12(18)8-11/h4-6,8H,3,7,9-10,19H2,1-2H3,(H,20,24,25). The minimum absolute atomic E-state index is 0.0892. The first-order valence-corrected chi connectivity index (χ1v) is 7.92. The lowest BCUT2D eigenvalue weighted by molar-refractivity contribution is 0.0941. The topological polar surface area (TPSA) is 101 Å². The van der Waals surface area contributed by atoms with E-state index < -0.39 is 17.0 Å². The van der Waals surface area contributed by atoms with E-state index in [1.54, 1.807) is 24.1 Å². The third-order valence-electron chi connectivity index (χ3n) is 3.72. The summed E-state index contributed by atoms with van der Waals surface area (Å²) in [5.74, 6) is -0.980. The van der Waals surface area contributed by atoms with Gasteiger partial charge < -0.3 is 5.73 Å². The van der Waals surface area contributed by atoms with Gasteiger partial charge in [0.25, 0.3) is 5.56 Å². The fraction of sp³-hybridized carbons (Fsp3) is 0.353. The van der Waals surface area contributed by atoms with Crippen LogP contribution in [0.15, 0.2) is 33.9 Å². The SMILES string of the molecule is CCCn1c(N)c(C(=O)CN(C)Cc2cccc(F)c2)c(=O)[nH]c1=O. The number of ketones is 1. The molecule has 7 nitrogen and oxygen atoms in total. The molecule has 0 radical (unpaired) electrons. The number of halogens is 1. The molecule has 2 rings (SSSR count). The number of nitrogens with two attached hydrogens (primary N) is 1. The van der Waals surface area contributed by atoms with Gasteiger partial charge in [0, 0.05) is 13.1 Å². The molecule has 1 heterocycles. The molecule has 0 aliphatic heterocycles. The lowest BCUT2D eigenvalue weighted by Gasteiger charge is -2.17. The maximum absolute atomic E-state index is 13.2. The van der Waals surface area contributed by atoms with Gasteiger partial charge in [0.05, 0.1) is 6.54 Å². The fourth-order valence-electron chi connectivity index (χ4n) is 2.63. The van der Waals surface area contributed by atoms with Crippen LogP contribution in [-0.2, 0) is 13.1 Å². The maximum Gasteiger partial charge on any atom is 0.329 e. The number of H-pyrrole nitrogens is 1. The summed E-state index contributed by atoms with van der Waals surface area (Å²) in [4.78, 5) is 40.1. The number of aromatic nitrogens is 2. The second-order valence-electron chi connectivity index (χ2n) is 5.90. The number of nitrogens with zero attached hydrogens (tertiary/aromatic N) is 2. The molecule has 25 heavy (non-hydrogen) atoms. The van der Waals surface area contributed by atoms with E-state index in [2.05, 4.69) is 4.98 Å². The number of anilines is 1. The van der Waals surface area contributed by atoms with Crippen LogP contribution in [0.2, 0.25) is 0 Å². The Morgan fingerprint density at radius 1 is 1.36 bits per heavy atom.